The first-order valence-corrected chi connectivity index (χ1v) is 8.50. The third-order valence-corrected chi connectivity index (χ3v) is 5.82. The van der Waals surface area contributed by atoms with Crippen molar-refractivity contribution >= 4 is 42.5 Å². The average Bonchev–Trinajstić information content (AvgIpc) is 3.05. The normalized spacial score (nSPS) is 28.0. The van der Waals surface area contributed by atoms with Crippen LogP contribution in [0.15, 0.2) is 0 Å². The van der Waals surface area contributed by atoms with E-state index in [4.69, 9.17) is 0 Å². The summed E-state index contributed by atoms with van der Waals surface area (Å²) < 4.78 is 0. The van der Waals surface area contributed by atoms with Crippen LogP contribution in [0.4, 0.5) is 0 Å². The number of thioether (sulfide) groups is 1. The molecular formula is C14H29Cl2N3OS. The van der Waals surface area contributed by atoms with Gasteiger partial charge in [-0.1, -0.05) is 0 Å². The molecule has 0 aromatic rings. The molecule has 1 amide bonds. The summed E-state index contributed by atoms with van der Waals surface area (Å²) in [6.45, 7) is 3.01. The molecule has 0 aliphatic carbocycles. The van der Waals surface area contributed by atoms with Gasteiger partial charge in [-0.15, -0.1) is 24.8 Å². The van der Waals surface area contributed by atoms with Crippen LogP contribution >= 0.6 is 36.6 Å². The first kappa shape index (κ1) is 21.3. The van der Waals surface area contributed by atoms with Crippen molar-refractivity contribution in [2.24, 2.45) is 5.92 Å². The quantitative estimate of drug-likeness (QED) is 0.760. The molecule has 2 unspecified atom stereocenters. The molecule has 7 heteroatoms. The fourth-order valence-electron chi connectivity index (χ4n) is 2.89. The van der Waals surface area contributed by atoms with Crippen molar-refractivity contribution in [2.75, 3.05) is 45.2 Å². The van der Waals surface area contributed by atoms with Crippen LogP contribution in [0.5, 0.6) is 0 Å². The Labute approximate surface area is 145 Å². The van der Waals surface area contributed by atoms with Gasteiger partial charge in [0.1, 0.15) is 0 Å². The number of likely N-dealkylation sites (N-methyl/N-ethyl adjacent to an activating group) is 1. The predicted molar refractivity (Wildman–Crippen MR) is 96.1 cm³/mol. The molecular weight excluding hydrogens is 329 g/mol. The summed E-state index contributed by atoms with van der Waals surface area (Å²) in [5, 5.41) is 6.51. The Kier molecular flexibility index (Phi) is 10.3. The van der Waals surface area contributed by atoms with Gasteiger partial charge in [0, 0.05) is 24.3 Å². The fraction of sp³-hybridized carbons (Fsp3) is 0.929. The van der Waals surface area contributed by atoms with Gasteiger partial charge in [0.05, 0.1) is 0 Å². The topological polar surface area (TPSA) is 44.4 Å². The standard InChI is InChI=1S/C14H27N3OS.2ClH/c1-17(2)14(6-8-19-11-14)10-16-13(18)4-3-12-5-7-15-9-12;;/h12,15H,3-11H2,1-2H3,(H,16,18);2*1H. The maximum Gasteiger partial charge on any atom is 0.220 e. The molecule has 0 radical (unpaired) electrons. The van der Waals surface area contributed by atoms with Crippen molar-refractivity contribution in [3.63, 3.8) is 0 Å². The lowest BCUT2D eigenvalue weighted by Gasteiger charge is -2.35. The second-order valence-electron chi connectivity index (χ2n) is 6.10. The lowest BCUT2D eigenvalue weighted by atomic mass is 9.97. The Hall–Kier alpha value is 0.320. The Bertz CT molecular complexity index is 307. The lowest BCUT2D eigenvalue weighted by molar-refractivity contribution is -0.121. The van der Waals surface area contributed by atoms with E-state index in [-0.39, 0.29) is 36.3 Å². The first-order valence-electron chi connectivity index (χ1n) is 7.35. The number of halogens is 2. The molecule has 0 aromatic heterocycles. The number of nitrogens with zero attached hydrogens (tertiary/aromatic N) is 1. The second-order valence-corrected chi connectivity index (χ2v) is 7.20. The molecule has 2 aliphatic heterocycles. The maximum atomic E-state index is 12.0. The van der Waals surface area contributed by atoms with Gasteiger partial charge >= 0.3 is 0 Å². The van der Waals surface area contributed by atoms with Crippen LogP contribution < -0.4 is 10.6 Å². The lowest BCUT2D eigenvalue weighted by Crippen LogP contribution is -2.53. The van der Waals surface area contributed by atoms with E-state index in [1.54, 1.807) is 0 Å². The fourth-order valence-corrected chi connectivity index (χ4v) is 4.45. The van der Waals surface area contributed by atoms with Gasteiger partial charge in [-0.05, 0) is 58.1 Å². The van der Waals surface area contributed by atoms with Crippen molar-refractivity contribution in [1.29, 1.82) is 0 Å². The number of carbonyl (C=O) groups is 1. The minimum atomic E-state index is 0. The smallest absolute Gasteiger partial charge is 0.220 e. The van der Waals surface area contributed by atoms with Crippen molar-refractivity contribution in [1.82, 2.24) is 15.5 Å². The molecule has 0 spiro atoms. The molecule has 2 atom stereocenters. The van der Waals surface area contributed by atoms with Crippen molar-refractivity contribution in [3.05, 3.63) is 0 Å². The number of carbonyl (C=O) groups excluding carboxylic acids is 1. The third-order valence-electron chi connectivity index (χ3n) is 4.59. The Morgan fingerprint density at radius 1 is 1.43 bits per heavy atom. The maximum absolute atomic E-state index is 12.0. The molecule has 2 fully saturated rings. The number of nitrogens with one attached hydrogen (secondary N) is 2. The summed E-state index contributed by atoms with van der Waals surface area (Å²) in [4.78, 5) is 14.3. The highest BCUT2D eigenvalue weighted by atomic mass is 35.5. The van der Waals surface area contributed by atoms with Crippen molar-refractivity contribution in [3.8, 4) is 0 Å². The number of amides is 1. The van der Waals surface area contributed by atoms with Gasteiger partial charge < -0.3 is 15.5 Å². The Morgan fingerprint density at radius 3 is 2.71 bits per heavy atom. The van der Waals surface area contributed by atoms with E-state index in [1.165, 1.54) is 18.6 Å². The van der Waals surface area contributed by atoms with Gasteiger partial charge in [-0.25, -0.2) is 0 Å². The van der Waals surface area contributed by atoms with Crippen LogP contribution in [0.25, 0.3) is 0 Å². The zero-order chi connectivity index (χ0) is 13.7. The molecule has 2 saturated heterocycles. The average molecular weight is 358 g/mol. The van der Waals surface area contributed by atoms with E-state index in [0.717, 1.165) is 31.8 Å². The summed E-state index contributed by atoms with van der Waals surface area (Å²) >= 11 is 1.99. The van der Waals surface area contributed by atoms with Gasteiger partial charge in [-0.2, -0.15) is 11.8 Å². The molecule has 0 bridgehead atoms. The Morgan fingerprint density at radius 2 is 2.19 bits per heavy atom. The molecule has 2 aliphatic rings. The second kappa shape index (κ2) is 10.2. The number of rotatable bonds is 6. The van der Waals surface area contributed by atoms with Crippen LogP contribution in [-0.4, -0.2) is 61.6 Å². The minimum absolute atomic E-state index is 0. The zero-order valence-electron chi connectivity index (χ0n) is 13.0. The summed E-state index contributed by atoms with van der Waals surface area (Å²) in [6, 6.07) is 0. The largest absolute Gasteiger partial charge is 0.354 e. The third kappa shape index (κ3) is 6.14. The molecule has 2 N–H and O–H groups in total. The van der Waals surface area contributed by atoms with E-state index < -0.39 is 0 Å². The van der Waals surface area contributed by atoms with E-state index >= 15 is 0 Å². The summed E-state index contributed by atoms with van der Waals surface area (Å²) in [5.41, 5.74) is 0.176. The minimum Gasteiger partial charge on any atom is -0.354 e. The van der Waals surface area contributed by atoms with E-state index in [1.807, 2.05) is 11.8 Å². The highest BCUT2D eigenvalue weighted by Crippen LogP contribution is 2.31. The Balaban J connectivity index is 0.00000200. The highest BCUT2D eigenvalue weighted by molar-refractivity contribution is 7.99. The van der Waals surface area contributed by atoms with Crippen LogP contribution in [0.2, 0.25) is 0 Å². The van der Waals surface area contributed by atoms with Crippen LogP contribution in [0.3, 0.4) is 0 Å². The van der Waals surface area contributed by atoms with Gasteiger partial charge in [0.15, 0.2) is 0 Å². The van der Waals surface area contributed by atoms with E-state index in [2.05, 4.69) is 29.6 Å². The van der Waals surface area contributed by atoms with Crippen LogP contribution in [0.1, 0.15) is 25.7 Å². The molecule has 2 rings (SSSR count). The van der Waals surface area contributed by atoms with Gasteiger partial charge in [0.2, 0.25) is 5.91 Å². The van der Waals surface area contributed by atoms with E-state index in [9.17, 15) is 4.79 Å². The van der Waals surface area contributed by atoms with Crippen LogP contribution in [0, 0.1) is 5.92 Å². The van der Waals surface area contributed by atoms with Crippen molar-refractivity contribution < 1.29 is 4.79 Å². The molecule has 0 saturated carbocycles. The summed E-state index contributed by atoms with van der Waals surface area (Å²) in [7, 11) is 4.25. The zero-order valence-corrected chi connectivity index (χ0v) is 15.5. The summed E-state index contributed by atoms with van der Waals surface area (Å²) in [6.07, 6.45) is 4.12. The number of hydrogen-bond acceptors (Lipinski definition) is 4. The van der Waals surface area contributed by atoms with Crippen molar-refractivity contribution in [2.45, 2.75) is 31.2 Å². The first-order chi connectivity index (χ1) is 9.12. The van der Waals surface area contributed by atoms with E-state index in [0.29, 0.717) is 12.3 Å². The molecule has 21 heavy (non-hydrogen) atoms. The molecule has 126 valence electrons. The SMILES string of the molecule is CN(C)C1(CNC(=O)CCC2CCNC2)CCSC1.Cl.Cl. The monoisotopic (exact) mass is 357 g/mol. The number of hydrogen-bond donors (Lipinski definition) is 2. The highest BCUT2D eigenvalue weighted by Gasteiger charge is 2.36. The summed E-state index contributed by atoms with van der Waals surface area (Å²) in [5.74, 6) is 3.27. The molecule has 0 aromatic carbocycles. The van der Waals surface area contributed by atoms with Crippen LogP contribution in [-0.2, 0) is 4.79 Å². The van der Waals surface area contributed by atoms with Gasteiger partial charge in [-0.3, -0.25) is 4.79 Å². The predicted octanol–water partition coefficient (Wildman–Crippen LogP) is 1.77. The molecule has 2 heterocycles. The van der Waals surface area contributed by atoms with Gasteiger partial charge in [0.25, 0.3) is 0 Å². The molecule has 4 nitrogen and oxygen atoms in total.